The maximum absolute atomic E-state index is 12.3. The number of carbonyl (C=O) groups excluding carboxylic acids is 1. The van der Waals surface area contributed by atoms with Crippen LogP contribution in [0.1, 0.15) is 43.5 Å². The molecule has 0 radical (unpaired) electrons. The second-order valence-corrected chi connectivity index (χ2v) is 6.39. The van der Waals surface area contributed by atoms with E-state index in [9.17, 15) is 9.59 Å². The Kier molecular flexibility index (Phi) is 4.04. The van der Waals surface area contributed by atoms with Gasteiger partial charge in [0.15, 0.2) is 0 Å². The Morgan fingerprint density at radius 2 is 2.05 bits per heavy atom. The van der Waals surface area contributed by atoms with Gasteiger partial charge >= 0.3 is 5.97 Å². The number of hydrogen-bond acceptors (Lipinski definition) is 2. The molecule has 108 valence electrons. The first-order chi connectivity index (χ1) is 9.29. The summed E-state index contributed by atoms with van der Waals surface area (Å²) >= 11 is 5.88. The highest BCUT2D eigenvalue weighted by Gasteiger charge is 2.39. The van der Waals surface area contributed by atoms with Crippen molar-refractivity contribution in [1.82, 2.24) is 0 Å². The first kappa shape index (κ1) is 14.9. The number of rotatable bonds is 3. The Hall–Kier alpha value is -1.55. The molecule has 0 saturated heterocycles. The Morgan fingerprint density at radius 1 is 1.35 bits per heavy atom. The summed E-state index contributed by atoms with van der Waals surface area (Å²) in [5, 5.41) is 12.1. The van der Waals surface area contributed by atoms with Crippen LogP contribution >= 0.6 is 11.6 Å². The molecule has 0 spiro atoms. The van der Waals surface area contributed by atoms with Crippen molar-refractivity contribution in [3.8, 4) is 0 Å². The molecule has 1 amide bonds. The SMILES string of the molecule is CC1(C)CCCC1C(=O)Nc1cc(Cl)cc(C(=O)O)c1. The first-order valence-corrected chi connectivity index (χ1v) is 7.02. The fraction of sp³-hybridized carbons (Fsp3) is 0.467. The zero-order valence-electron chi connectivity index (χ0n) is 11.6. The van der Waals surface area contributed by atoms with Crippen molar-refractivity contribution >= 4 is 29.2 Å². The smallest absolute Gasteiger partial charge is 0.335 e. The van der Waals surface area contributed by atoms with E-state index in [1.165, 1.54) is 12.1 Å². The molecule has 1 fully saturated rings. The van der Waals surface area contributed by atoms with E-state index in [0.29, 0.717) is 10.7 Å². The second-order valence-electron chi connectivity index (χ2n) is 5.96. The predicted octanol–water partition coefficient (Wildman–Crippen LogP) is 3.80. The molecule has 1 atom stereocenters. The van der Waals surface area contributed by atoms with Crippen molar-refractivity contribution in [1.29, 1.82) is 0 Å². The molecule has 0 aromatic heterocycles. The Balaban J connectivity index is 2.18. The van der Waals surface area contributed by atoms with Gasteiger partial charge in [-0.2, -0.15) is 0 Å². The molecule has 0 heterocycles. The van der Waals surface area contributed by atoms with E-state index in [0.717, 1.165) is 19.3 Å². The second kappa shape index (κ2) is 5.44. The minimum absolute atomic E-state index is 0.0156. The largest absolute Gasteiger partial charge is 0.478 e. The molecule has 1 aliphatic rings. The van der Waals surface area contributed by atoms with E-state index in [1.54, 1.807) is 6.07 Å². The number of halogens is 1. The molecular weight excluding hydrogens is 278 g/mol. The number of amides is 1. The molecule has 1 aromatic carbocycles. The van der Waals surface area contributed by atoms with Crippen LogP contribution in [0.15, 0.2) is 18.2 Å². The minimum Gasteiger partial charge on any atom is -0.478 e. The van der Waals surface area contributed by atoms with Gasteiger partial charge in [-0.05, 0) is 36.5 Å². The maximum Gasteiger partial charge on any atom is 0.335 e. The number of carboxylic acids is 1. The van der Waals surface area contributed by atoms with Crippen molar-refractivity contribution in [2.45, 2.75) is 33.1 Å². The number of carboxylic acid groups (broad SMARTS) is 1. The van der Waals surface area contributed by atoms with Crippen molar-refractivity contribution in [2.75, 3.05) is 5.32 Å². The molecular formula is C15H18ClNO3. The maximum atomic E-state index is 12.3. The predicted molar refractivity (Wildman–Crippen MR) is 78.2 cm³/mol. The number of hydrogen-bond donors (Lipinski definition) is 2. The summed E-state index contributed by atoms with van der Waals surface area (Å²) in [6.07, 6.45) is 2.94. The van der Waals surface area contributed by atoms with Crippen molar-refractivity contribution in [3.05, 3.63) is 28.8 Å². The van der Waals surface area contributed by atoms with E-state index >= 15 is 0 Å². The average molecular weight is 296 g/mol. The van der Waals surface area contributed by atoms with Crippen LogP contribution in [-0.4, -0.2) is 17.0 Å². The number of aromatic carboxylic acids is 1. The van der Waals surface area contributed by atoms with Gasteiger partial charge in [-0.25, -0.2) is 4.79 Å². The third-order valence-electron chi connectivity index (χ3n) is 3.99. The monoisotopic (exact) mass is 295 g/mol. The Morgan fingerprint density at radius 3 is 2.60 bits per heavy atom. The van der Waals surface area contributed by atoms with E-state index in [1.807, 2.05) is 0 Å². The molecule has 1 unspecified atom stereocenters. The molecule has 5 heteroatoms. The van der Waals surface area contributed by atoms with Crippen LogP contribution < -0.4 is 5.32 Å². The molecule has 1 saturated carbocycles. The molecule has 4 nitrogen and oxygen atoms in total. The van der Waals surface area contributed by atoms with Gasteiger partial charge < -0.3 is 10.4 Å². The number of nitrogens with one attached hydrogen (secondary N) is 1. The number of carbonyl (C=O) groups is 2. The van der Waals surface area contributed by atoms with Gasteiger partial charge in [0.1, 0.15) is 0 Å². The summed E-state index contributed by atoms with van der Waals surface area (Å²) < 4.78 is 0. The van der Waals surface area contributed by atoms with Crippen molar-refractivity contribution in [2.24, 2.45) is 11.3 Å². The zero-order chi connectivity index (χ0) is 14.9. The first-order valence-electron chi connectivity index (χ1n) is 6.64. The highest BCUT2D eigenvalue weighted by Crippen LogP contribution is 2.43. The lowest BCUT2D eigenvalue weighted by Crippen LogP contribution is -2.30. The topological polar surface area (TPSA) is 66.4 Å². The van der Waals surface area contributed by atoms with Gasteiger partial charge in [0.05, 0.1) is 5.56 Å². The zero-order valence-corrected chi connectivity index (χ0v) is 12.3. The summed E-state index contributed by atoms with van der Waals surface area (Å²) in [6, 6.07) is 4.35. The van der Waals surface area contributed by atoms with E-state index in [2.05, 4.69) is 19.2 Å². The molecule has 1 aliphatic carbocycles. The molecule has 0 aliphatic heterocycles. The van der Waals surface area contributed by atoms with Crippen LogP contribution in [0.3, 0.4) is 0 Å². The Labute approximate surface area is 123 Å². The van der Waals surface area contributed by atoms with Gasteiger partial charge in [0.25, 0.3) is 0 Å². The van der Waals surface area contributed by atoms with Crippen molar-refractivity contribution < 1.29 is 14.7 Å². The summed E-state index contributed by atoms with van der Waals surface area (Å²) in [5.41, 5.74) is 0.485. The third kappa shape index (κ3) is 3.12. The lowest BCUT2D eigenvalue weighted by Gasteiger charge is -2.25. The van der Waals surface area contributed by atoms with Gasteiger partial charge in [-0.15, -0.1) is 0 Å². The molecule has 20 heavy (non-hydrogen) atoms. The van der Waals surface area contributed by atoms with Crippen LogP contribution in [0.4, 0.5) is 5.69 Å². The van der Waals surface area contributed by atoms with Crippen LogP contribution in [-0.2, 0) is 4.79 Å². The van der Waals surface area contributed by atoms with E-state index < -0.39 is 5.97 Å². The highest BCUT2D eigenvalue weighted by molar-refractivity contribution is 6.31. The van der Waals surface area contributed by atoms with Crippen LogP contribution in [0, 0.1) is 11.3 Å². The van der Waals surface area contributed by atoms with Gasteiger partial charge in [0.2, 0.25) is 5.91 Å². The van der Waals surface area contributed by atoms with Crippen LogP contribution in [0.5, 0.6) is 0 Å². The normalized spacial score (nSPS) is 20.6. The average Bonchev–Trinajstić information content (AvgIpc) is 2.68. The third-order valence-corrected chi connectivity index (χ3v) is 4.20. The van der Waals surface area contributed by atoms with Gasteiger partial charge in [-0.3, -0.25) is 4.79 Å². The van der Waals surface area contributed by atoms with Gasteiger partial charge in [-0.1, -0.05) is 31.9 Å². The van der Waals surface area contributed by atoms with Crippen LogP contribution in [0.2, 0.25) is 5.02 Å². The molecule has 2 rings (SSSR count). The fourth-order valence-corrected chi connectivity index (χ4v) is 3.06. The van der Waals surface area contributed by atoms with Crippen LogP contribution in [0.25, 0.3) is 0 Å². The summed E-state index contributed by atoms with van der Waals surface area (Å²) in [7, 11) is 0. The highest BCUT2D eigenvalue weighted by atomic mass is 35.5. The summed E-state index contributed by atoms with van der Waals surface area (Å²) in [5.74, 6) is -1.18. The molecule has 2 N–H and O–H groups in total. The fourth-order valence-electron chi connectivity index (χ4n) is 2.83. The van der Waals surface area contributed by atoms with E-state index in [-0.39, 0.29) is 22.8 Å². The van der Waals surface area contributed by atoms with Crippen molar-refractivity contribution in [3.63, 3.8) is 0 Å². The van der Waals surface area contributed by atoms with Gasteiger partial charge in [0, 0.05) is 16.6 Å². The number of anilines is 1. The summed E-state index contributed by atoms with van der Waals surface area (Å²) in [4.78, 5) is 23.3. The quantitative estimate of drug-likeness (QED) is 0.891. The standard InChI is InChI=1S/C15H18ClNO3/c1-15(2)5-3-4-12(15)13(18)17-11-7-9(14(19)20)6-10(16)8-11/h6-8,12H,3-5H2,1-2H3,(H,17,18)(H,19,20). The number of benzene rings is 1. The van der Waals surface area contributed by atoms with E-state index in [4.69, 9.17) is 16.7 Å². The summed E-state index contributed by atoms with van der Waals surface area (Å²) in [6.45, 7) is 4.18. The lowest BCUT2D eigenvalue weighted by atomic mass is 9.81. The minimum atomic E-state index is -1.07. The lowest BCUT2D eigenvalue weighted by molar-refractivity contribution is -0.122. The Bertz CT molecular complexity index is 554. The molecule has 1 aromatic rings. The molecule has 0 bridgehead atoms.